The Morgan fingerprint density at radius 1 is 1.12 bits per heavy atom. The second kappa shape index (κ2) is 9.97. The molecule has 0 spiro atoms. The van der Waals surface area contributed by atoms with Crippen LogP contribution in [0.1, 0.15) is 30.9 Å². The third-order valence-electron chi connectivity index (χ3n) is 6.80. The molecule has 8 nitrogen and oxygen atoms in total. The van der Waals surface area contributed by atoms with Crippen molar-refractivity contribution in [2.45, 2.75) is 31.4 Å². The average molecular weight is 453 g/mol. The highest BCUT2D eigenvalue weighted by atomic mass is 16.6. The molecular formula is C25H32N4O4. The molecule has 4 heterocycles. The van der Waals surface area contributed by atoms with Gasteiger partial charge in [-0.1, -0.05) is 12.1 Å². The van der Waals surface area contributed by atoms with Crippen LogP contribution in [0.25, 0.3) is 0 Å². The van der Waals surface area contributed by atoms with Crippen molar-refractivity contribution in [3.8, 4) is 11.5 Å². The van der Waals surface area contributed by atoms with Gasteiger partial charge in [0.25, 0.3) is 0 Å². The van der Waals surface area contributed by atoms with Crippen molar-refractivity contribution in [1.82, 2.24) is 15.2 Å². The molecule has 2 N–H and O–H groups in total. The fourth-order valence-electron chi connectivity index (χ4n) is 4.97. The van der Waals surface area contributed by atoms with Crippen LogP contribution in [-0.2, 0) is 4.79 Å². The van der Waals surface area contributed by atoms with Gasteiger partial charge in [0, 0.05) is 25.8 Å². The Morgan fingerprint density at radius 2 is 1.94 bits per heavy atom. The molecule has 2 aromatic rings. The number of aliphatic hydroxyl groups excluding tert-OH is 1. The SMILES string of the molecule is O=C(NC(CN1CCCC1)C(O)c1ccc2c(c1)OCCO2)C1CCN(c2ccccn2)C1. The van der Waals surface area contributed by atoms with E-state index in [0.29, 0.717) is 37.8 Å². The highest BCUT2D eigenvalue weighted by Crippen LogP contribution is 2.34. The van der Waals surface area contributed by atoms with Crippen LogP contribution in [-0.4, -0.2) is 72.9 Å². The van der Waals surface area contributed by atoms with Gasteiger partial charge in [0.1, 0.15) is 25.1 Å². The van der Waals surface area contributed by atoms with Gasteiger partial charge in [-0.15, -0.1) is 0 Å². The lowest BCUT2D eigenvalue weighted by Crippen LogP contribution is -2.48. The summed E-state index contributed by atoms with van der Waals surface area (Å²) in [5, 5.41) is 14.5. The van der Waals surface area contributed by atoms with Gasteiger partial charge >= 0.3 is 0 Å². The highest BCUT2D eigenvalue weighted by molar-refractivity contribution is 5.80. The number of hydrogen-bond acceptors (Lipinski definition) is 7. The van der Waals surface area contributed by atoms with Crippen molar-refractivity contribution in [3.05, 3.63) is 48.2 Å². The second-order valence-corrected chi connectivity index (χ2v) is 9.09. The van der Waals surface area contributed by atoms with Gasteiger partial charge in [0.15, 0.2) is 11.5 Å². The standard InChI is InChI=1S/C25H32N4O4/c30-24(18-6-7-21-22(15-18)33-14-13-32-21)20(17-28-10-3-4-11-28)27-25(31)19-8-12-29(16-19)23-5-1-2-9-26-23/h1-2,5-7,9,15,19-20,24,30H,3-4,8,10-14,16-17H2,(H,27,31). The summed E-state index contributed by atoms with van der Waals surface area (Å²) >= 11 is 0. The first-order valence-electron chi connectivity index (χ1n) is 11.9. The van der Waals surface area contributed by atoms with E-state index in [1.165, 1.54) is 0 Å². The molecule has 5 rings (SSSR count). The summed E-state index contributed by atoms with van der Waals surface area (Å²) < 4.78 is 11.3. The van der Waals surface area contributed by atoms with Crippen molar-refractivity contribution in [2.75, 3.05) is 50.8 Å². The summed E-state index contributed by atoms with van der Waals surface area (Å²) in [6, 6.07) is 11.0. The van der Waals surface area contributed by atoms with Crippen LogP contribution in [0.15, 0.2) is 42.6 Å². The quantitative estimate of drug-likeness (QED) is 0.664. The molecule has 0 aliphatic carbocycles. The maximum Gasteiger partial charge on any atom is 0.225 e. The molecule has 2 saturated heterocycles. The normalized spacial score (nSPS) is 22.2. The van der Waals surface area contributed by atoms with Crippen molar-refractivity contribution in [1.29, 1.82) is 0 Å². The van der Waals surface area contributed by atoms with Crippen molar-refractivity contribution < 1.29 is 19.4 Å². The Bertz CT molecular complexity index is 951. The number of hydrogen-bond donors (Lipinski definition) is 2. The van der Waals surface area contributed by atoms with Crippen LogP contribution in [0.3, 0.4) is 0 Å². The summed E-state index contributed by atoms with van der Waals surface area (Å²) in [6.45, 7) is 5.08. The first-order chi connectivity index (χ1) is 16.2. The van der Waals surface area contributed by atoms with Crippen LogP contribution in [0, 0.1) is 5.92 Å². The number of aromatic nitrogens is 1. The molecule has 33 heavy (non-hydrogen) atoms. The van der Waals surface area contributed by atoms with E-state index >= 15 is 0 Å². The number of ether oxygens (including phenoxy) is 2. The van der Waals surface area contributed by atoms with Gasteiger partial charge in [0.05, 0.1) is 12.0 Å². The number of amides is 1. The molecule has 3 aliphatic rings. The number of nitrogens with one attached hydrogen (secondary N) is 1. The fourth-order valence-corrected chi connectivity index (χ4v) is 4.97. The molecule has 8 heteroatoms. The van der Waals surface area contributed by atoms with Gasteiger partial charge in [-0.2, -0.15) is 0 Å². The predicted molar refractivity (Wildman–Crippen MR) is 125 cm³/mol. The van der Waals surface area contributed by atoms with Crippen LogP contribution >= 0.6 is 0 Å². The summed E-state index contributed by atoms with van der Waals surface area (Å²) in [7, 11) is 0. The predicted octanol–water partition coefficient (Wildman–Crippen LogP) is 1.99. The maximum absolute atomic E-state index is 13.2. The van der Waals surface area contributed by atoms with E-state index in [-0.39, 0.29) is 11.8 Å². The van der Waals surface area contributed by atoms with Gasteiger partial charge in [-0.3, -0.25) is 4.79 Å². The lowest BCUT2D eigenvalue weighted by atomic mass is 9.99. The average Bonchev–Trinajstić information content (AvgIpc) is 3.56. The van der Waals surface area contributed by atoms with E-state index in [4.69, 9.17) is 9.47 Å². The van der Waals surface area contributed by atoms with Crippen LogP contribution in [0.2, 0.25) is 0 Å². The molecule has 0 radical (unpaired) electrons. The first kappa shape index (κ1) is 22.0. The van der Waals surface area contributed by atoms with E-state index in [0.717, 1.165) is 50.3 Å². The van der Waals surface area contributed by atoms with Gasteiger partial charge in [0.2, 0.25) is 5.91 Å². The molecule has 3 aliphatic heterocycles. The third-order valence-corrected chi connectivity index (χ3v) is 6.80. The molecular weight excluding hydrogens is 420 g/mol. The van der Waals surface area contributed by atoms with Gasteiger partial charge in [-0.05, 0) is 62.2 Å². The fraction of sp³-hybridized carbons (Fsp3) is 0.520. The molecule has 1 aromatic carbocycles. The summed E-state index contributed by atoms with van der Waals surface area (Å²) in [5.74, 6) is 2.11. The summed E-state index contributed by atoms with van der Waals surface area (Å²) in [4.78, 5) is 22.1. The molecule has 1 aromatic heterocycles. The topological polar surface area (TPSA) is 87.2 Å². The molecule has 0 saturated carbocycles. The molecule has 1 amide bonds. The van der Waals surface area contributed by atoms with Crippen LogP contribution in [0.4, 0.5) is 5.82 Å². The number of carbonyl (C=O) groups excluding carboxylic acids is 1. The maximum atomic E-state index is 13.2. The van der Waals surface area contributed by atoms with Crippen molar-refractivity contribution in [2.24, 2.45) is 5.92 Å². The van der Waals surface area contributed by atoms with E-state index < -0.39 is 12.1 Å². The lowest BCUT2D eigenvalue weighted by Gasteiger charge is -2.30. The Morgan fingerprint density at radius 3 is 2.73 bits per heavy atom. The number of benzene rings is 1. The van der Waals surface area contributed by atoms with E-state index in [1.54, 1.807) is 6.20 Å². The number of aliphatic hydroxyl groups is 1. The minimum absolute atomic E-state index is 0.00535. The minimum atomic E-state index is -0.835. The molecule has 3 unspecified atom stereocenters. The molecule has 2 fully saturated rings. The van der Waals surface area contributed by atoms with Crippen molar-refractivity contribution >= 4 is 11.7 Å². The molecule has 176 valence electrons. The van der Waals surface area contributed by atoms with E-state index in [9.17, 15) is 9.90 Å². The largest absolute Gasteiger partial charge is 0.486 e. The van der Waals surface area contributed by atoms with E-state index in [2.05, 4.69) is 20.1 Å². The third kappa shape index (κ3) is 5.07. The molecule has 3 atom stereocenters. The summed E-state index contributed by atoms with van der Waals surface area (Å²) in [5.41, 5.74) is 0.727. The number of anilines is 1. The monoisotopic (exact) mass is 452 g/mol. The number of fused-ring (bicyclic) bond motifs is 1. The zero-order valence-corrected chi connectivity index (χ0v) is 18.9. The zero-order chi connectivity index (χ0) is 22.6. The first-order valence-corrected chi connectivity index (χ1v) is 11.9. The number of rotatable bonds is 7. The number of likely N-dealkylation sites (tertiary alicyclic amines) is 1. The van der Waals surface area contributed by atoms with Crippen molar-refractivity contribution in [3.63, 3.8) is 0 Å². The van der Waals surface area contributed by atoms with Gasteiger partial charge in [-0.25, -0.2) is 4.98 Å². The minimum Gasteiger partial charge on any atom is -0.486 e. The Labute approximate surface area is 194 Å². The zero-order valence-electron chi connectivity index (χ0n) is 18.9. The number of carbonyl (C=O) groups is 1. The Kier molecular flexibility index (Phi) is 6.64. The Balaban J connectivity index is 1.28. The second-order valence-electron chi connectivity index (χ2n) is 9.09. The summed E-state index contributed by atoms with van der Waals surface area (Å²) in [6.07, 6.45) is 4.03. The molecule has 0 bridgehead atoms. The number of pyridine rings is 1. The van der Waals surface area contributed by atoms with Crippen LogP contribution in [0.5, 0.6) is 11.5 Å². The highest BCUT2D eigenvalue weighted by Gasteiger charge is 2.33. The Hall–Kier alpha value is -2.84. The van der Waals surface area contributed by atoms with Crippen LogP contribution < -0.4 is 19.7 Å². The van der Waals surface area contributed by atoms with Gasteiger partial charge < -0.3 is 29.7 Å². The number of nitrogens with zero attached hydrogens (tertiary/aromatic N) is 3. The lowest BCUT2D eigenvalue weighted by molar-refractivity contribution is -0.126. The smallest absolute Gasteiger partial charge is 0.225 e. The van der Waals surface area contributed by atoms with E-state index in [1.807, 2.05) is 36.4 Å².